The predicted molar refractivity (Wildman–Crippen MR) is 83.8 cm³/mol. The van der Waals surface area contributed by atoms with Crippen LogP contribution in [0.5, 0.6) is 0 Å². The van der Waals surface area contributed by atoms with Gasteiger partial charge in [-0.15, -0.1) is 0 Å². The lowest BCUT2D eigenvalue weighted by Gasteiger charge is -2.28. The van der Waals surface area contributed by atoms with Gasteiger partial charge in [0.05, 0.1) is 11.9 Å². The number of amides is 1. The number of carboxylic acid groups (broad SMARTS) is 1. The number of carbonyl (C=O) groups is 2. The molecule has 8 nitrogen and oxygen atoms in total. The van der Waals surface area contributed by atoms with Crippen molar-refractivity contribution in [1.29, 1.82) is 0 Å². The third-order valence-corrected chi connectivity index (χ3v) is 3.89. The van der Waals surface area contributed by atoms with E-state index in [1.165, 1.54) is 15.7 Å². The number of anilines is 1. The van der Waals surface area contributed by atoms with Crippen molar-refractivity contribution < 1.29 is 19.1 Å². The molecule has 0 radical (unpaired) electrons. The van der Waals surface area contributed by atoms with Crippen molar-refractivity contribution in [2.75, 3.05) is 24.5 Å². The van der Waals surface area contributed by atoms with Crippen LogP contribution in [0.1, 0.15) is 17.3 Å². The van der Waals surface area contributed by atoms with Gasteiger partial charge >= 0.3 is 5.97 Å². The van der Waals surface area contributed by atoms with Gasteiger partial charge in [0.25, 0.3) is 0 Å². The Labute approximate surface area is 135 Å². The minimum absolute atomic E-state index is 0.0259. The smallest absolute Gasteiger partial charge is 0.341 e. The molecule has 1 saturated heterocycles. The van der Waals surface area contributed by atoms with Crippen molar-refractivity contribution in [3.8, 4) is 0 Å². The number of hydrogen-bond donors (Lipinski definition) is 2. The van der Waals surface area contributed by atoms with Gasteiger partial charge in [0, 0.05) is 25.8 Å². The van der Waals surface area contributed by atoms with Crippen molar-refractivity contribution in [3.63, 3.8) is 0 Å². The van der Waals surface area contributed by atoms with Crippen LogP contribution in [-0.4, -0.2) is 46.2 Å². The number of aryl methyl sites for hydroxylation is 1. The zero-order valence-electron chi connectivity index (χ0n) is 12.9. The maximum atomic E-state index is 14.4. The van der Waals surface area contributed by atoms with Gasteiger partial charge in [0.1, 0.15) is 11.2 Å². The van der Waals surface area contributed by atoms with E-state index in [0.29, 0.717) is 19.6 Å². The number of pyridine rings is 2. The number of aromatic carboxylic acids is 1. The fourth-order valence-corrected chi connectivity index (χ4v) is 2.71. The van der Waals surface area contributed by atoms with Crippen molar-refractivity contribution in [2.45, 2.75) is 13.5 Å². The highest BCUT2D eigenvalue weighted by atomic mass is 19.1. The summed E-state index contributed by atoms with van der Waals surface area (Å²) in [6.07, 6.45) is 1.20. The summed E-state index contributed by atoms with van der Waals surface area (Å²) in [5.74, 6) is -2.40. The number of rotatable bonds is 3. The van der Waals surface area contributed by atoms with E-state index < -0.39 is 22.8 Å². The van der Waals surface area contributed by atoms with Crippen LogP contribution in [0.25, 0.3) is 11.0 Å². The van der Waals surface area contributed by atoms with Crippen molar-refractivity contribution in [3.05, 3.63) is 33.9 Å². The first-order chi connectivity index (χ1) is 11.4. The second-order valence-corrected chi connectivity index (χ2v) is 5.40. The molecule has 2 aromatic heterocycles. The van der Waals surface area contributed by atoms with E-state index in [4.69, 9.17) is 5.11 Å². The van der Waals surface area contributed by atoms with Crippen LogP contribution in [0.4, 0.5) is 10.2 Å². The first kappa shape index (κ1) is 15.9. The third-order valence-electron chi connectivity index (χ3n) is 3.89. The van der Waals surface area contributed by atoms with Gasteiger partial charge in [0.2, 0.25) is 11.3 Å². The van der Waals surface area contributed by atoms with E-state index in [1.807, 2.05) is 0 Å². The summed E-state index contributed by atoms with van der Waals surface area (Å²) in [6, 6.07) is 0.991. The Morgan fingerprint density at radius 1 is 1.46 bits per heavy atom. The lowest BCUT2D eigenvalue weighted by Crippen LogP contribution is -2.48. The van der Waals surface area contributed by atoms with Gasteiger partial charge in [-0.1, -0.05) is 0 Å². The molecular weight excluding hydrogens is 319 g/mol. The van der Waals surface area contributed by atoms with Gasteiger partial charge in [-0.05, 0) is 13.0 Å². The summed E-state index contributed by atoms with van der Waals surface area (Å²) in [5, 5.41) is 11.7. The molecule has 2 aromatic rings. The van der Waals surface area contributed by atoms with Gasteiger partial charge < -0.3 is 19.9 Å². The molecule has 1 fully saturated rings. The summed E-state index contributed by atoms with van der Waals surface area (Å²) in [5.41, 5.74) is -1.03. The van der Waals surface area contributed by atoms with E-state index in [1.54, 1.807) is 6.92 Å². The number of halogens is 1. The molecule has 1 amide bonds. The maximum Gasteiger partial charge on any atom is 0.341 e. The molecular formula is C15H15FN4O4. The summed E-state index contributed by atoms with van der Waals surface area (Å²) in [4.78, 5) is 40.6. The van der Waals surface area contributed by atoms with Gasteiger partial charge in [-0.25, -0.2) is 14.2 Å². The van der Waals surface area contributed by atoms with Crippen LogP contribution in [0.3, 0.4) is 0 Å². The number of nitrogens with one attached hydrogen (secondary N) is 1. The van der Waals surface area contributed by atoms with Gasteiger partial charge in [-0.2, -0.15) is 0 Å². The van der Waals surface area contributed by atoms with Crippen LogP contribution in [-0.2, 0) is 11.3 Å². The van der Waals surface area contributed by atoms with Crippen LogP contribution in [0, 0.1) is 5.82 Å². The highest BCUT2D eigenvalue weighted by Crippen LogP contribution is 2.22. The molecule has 0 atom stereocenters. The Kier molecular flexibility index (Phi) is 3.92. The monoisotopic (exact) mass is 334 g/mol. The minimum Gasteiger partial charge on any atom is -0.477 e. The lowest BCUT2D eigenvalue weighted by molar-refractivity contribution is -0.120. The fourth-order valence-electron chi connectivity index (χ4n) is 2.71. The number of carbonyl (C=O) groups excluding carboxylic acids is 1. The average Bonchev–Trinajstić information content (AvgIpc) is 2.55. The predicted octanol–water partition coefficient (Wildman–Crippen LogP) is 0.190. The molecule has 0 aliphatic carbocycles. The number of carboxylic acids is 1. The zero-order chi connectivity index (χ0) is 17.4. The normalized spacial score (nSPS) is 14.8. The van der Waals surface area contributed by atoms with Crippen LogP contribution < -0.4 is 15.6 Å². The standard InChI is InChI=1S/C15H15FN4O4/c1-2-19-6-9(15(23)24)12(22)8-5-10(16)14(18-13(8)19)20-4-3-17-11(21)7-20/h5-6H,2-4,7H2,1H3,(H,17,21)(H,23,24). The lowest BCUT2D eigenvalue weighted by atomic mass is 10.2. The molecule has 0 saturated carbocycles. The van der Waals surface area contributed by atoms with Crippen LogP contribution in [0.2, 0.25) is 0 Å². The molecule has 1 aliphatic heterocycles. The molecule has 0 unspecified atom stereocenters. The molecule has 9 heteroatoms. The Bertz CT molecular complexity index is 908. The second-order valence-electron chi connectivity index (χ2n) is 5.40. The molecule has 24 heavy (non-hydrogen) atoms. The Hall–Kier alpha value is -2.97. The Morgan fingerprint density at radius 2 is 2.21 bits per heavy atom. The maximum absolute atomic E-state index is 14.4. The number of aromatic nitrogens is 2. The fraction of sp³-hybridized carbons (Fsp3) is 0.333. The number of nitrogens with zero attached hydrogens (tertiary/aromatic N) is 3. The summed E-state index contributed by atoms with van der Waals surface area (Å²) >= 11 is 0. The first-order valence-corrected chi connectivity index (χ1v) is 7.41. The molecule has 3 heterocycles. The summed E-state index contributed by atoms with van der Waals surface area (Å²) in [6.45, 7) is 2.85. The molecule has 3 rings (SSSR count). The molecule has 0 spiro atoms. The number of hydrogen-bond acceptors (Lipinski definition) is 5. The van der Waals surface area contributed by atoms with E-state index in [0.717, 1.165) is 6.07 Å². The highest BCUT2D eigenvalue weighted by molar-refractivity contribution is 5.92. The molecule has 126 valence electrons. The topological polar surface area (TPSA) is 105 Å². The van der Waals surface area contributed by atoms with E-state index in [9.17, 15) is 18.8 Å². The Balaban J connectivity index is 2.23. The van der Waals surface area contributed by atoms with Crippen molar-refractivity contribution in [1.82, 2.24) is 14.9 Å². The van der Waals surface area contributed by atoms with Crippen LogP contribution in [0.15, 0.2) is 17.1 Å². The minimum atomic E-state index is -1.37. The molecule has 0 bridgehead atoms. The molecule has 2 N–H and O–H groups in total. The summed E-state index contributed by atoms with van der Waals surface area (Å²) < 4.78 is 15.9. The largest absolute Gasteiger partial charge is 0.477 e. The number of fused-ring (bicyclic) bond motifs is 1. The van der Waals surface area contributed by atoms with E-state index in [2.05, 4.69) is 10.3 Å². The SMILES string of the molecule is CCn1cc(C(=O)O)c(=O)c2cc(F)c(N3CCNC(=O)C3)nc21. The average molecular weight is 334 g/mol. The second kappa shape index (κ2) is 5.91. The quantitative estimate of drug-likeness (QED) is 0.830. The van der Waals surface area contributed by atoms with E-state index in [-0.39, 0.29) is 29.3 Å². The summed E-state index contributed by atoms with van der Waals surface area (Å²) in [7, 11) is 0. The van der Waals surface area contributed by atoms with Gasteiger partial charge in [-0.3, -0.25) is 9.59 Å². The van der Waals surface area contributed by atoms with Crippen LogP contribution >= 0.6 is 0 Å². The van der Waals surface area contributed by atoms with Crippen molar-refractivity contribution in [2.24, 2.45) is 0 Å². The first-order valence-electron chi connectivity index (χ1n) is 7.41. The highest BCUT2D eigenvalue weighted by Gasteiger charge is 2.23. The molecule has 0 aromatic carbocycles. The zero-order valence-corrected chi connectivity index (χ0v) is 12.9. The van der Waals surface area contributed by atoms with Gasteiger partial charge in [0.15, 0.2) is 11.6 Å². The Morgan fingerprint density at radius 3 is 2.83 bits per heavy atom. The van der Waals surface area contributed by atoms with Crippen molar-refractivity contribution >= 4 is 28.7 Å². The molecule has 1 aliphatic rings. The van der Waals surface area contributed by atoms with E-state index >= 15 is 0 Å². The number of piperazine rings is 1. The third kappa shape index (κ3) is 2.57.